The highest BCUT2D eigenvalue weighted by Gasteiger charge is 2.06. The molecule has 0 spiro atoms. The Kier molecular flexibility index (Phi) is 6.48. The molecule has 0 saturated heterocycles. The third-order valence-corrected chi connectivity index (χ3v) is 2.72. The van der Waals surface area contributed by atoms with Crippen LogP contribution in [0.25, 0.3) is 0 Å². The number of carbonyl (C=O) groups is 1. The zero-order chi connectivity index (χ0) is 12.7. The summed E-state index contributed by atoms with van der Waals surface area (Å²) in [5.74, 6) is 1.43. The van der Waals surface area contributed by atoms with Crippen LogP contribution >= 0.6 is 34.8 Å². The maximum absolute atomic E-state index is 11.3. The molecular weight excluding hydrogens is 284 g/mol. The molecule has 0 unspecified atom stereocenters. The average molecular weight is 297 g/mol. The van der Waals surface area contributed by atoms with Crippen LogP contribution in [0.5, 0.6) is 5.75 Å². The maximum Gasteiger partial charge on any atom is 0.412 e. The number of hydrogen-bond donors (Lipinski definition) is 1. The molecule has 6 heteroatoms. The number of benzene rings is 1. The van der Waals surface area contributed by atoms with Crippen molar-refractivity contribution in [1.82, 2.24) is 5.32 Å². The van der Waals surface area contributed by atoms with Gasteiger partial charge in [0.15, 0.2) is 0 Å². The first-order valence-electron chi connectivity index (χ1n) is 4.96. The van der Waals surface area contributed by atoms with Gasteiger partial charge in [-0.15, -0.1) is 34.8 Å². The minimum Gasteiger partial charge on any atom is -0.410 e. The van der Waals surface area contributed by atoms with Gasteiger partial charge in [-0.25, -0.2) is 4.79 Å². The first kappa shape index (κ1) is 14.4. The van der Waals surface area contributed by atoms with Crippen LogP contribution in [0.4, 0.5) is 4.79 Å². The van der Waals surface area contributed by atoms with Gasteiger partial charge in [-0.05, 0) is 23.3 Å². The van der Waals surface area contributed by atoms with Crippen molar-refractivity contribution in [1.29, 1.82) is 0 Å². The van der Waals surface area contributed by atoms with Crippen molar-refractivity contribution in [2.24, 2.45) is 0 Å². The summed E-state index contributed by atoms with van der Waals surface area (Å²) in [6.45, 7) is 0.359. The highest BCUT2D eigenvalue weighted by molar-refractivity contribution is 6.18. The molecule has 1 amide bonds. The third kappa shape index (κ3) is 5.02. The van der Waals surface area contributed by atoms with Gasteiger partial charge in [0.05, 0.1) is 0 Å². The molecule has 0 aromatic heterocycles. The fraction of sp³-hybridized carbons (Fsp3) is 0.364. The second-order valence-electron chi connectivity index (χ2n) is 3.26. The molecule has 0 heterocycles. The normalized spacial score (nSPS) is 10.1. The van der Waals surface area contributed by atoms with Gasteiger partial charge < -0.3 is 10.1 Å². The molecule has 0 bridgehead atoms. The Morgan fingerprint density at radius 2 is 1.71 bits per heavy atom. The molecule has 1 rings (SSSR count). The zero-order valence-electron chi connectivity index (χ0n) is 9.01. The van der Waals surface area contributed by atoms with Crippen LogP contribution in [0.15, 0.2) is 18.2 Å². The fourth-order valence-electron chi connectivity index (χ4n) is 1.23. The van der Waals surface area contributed by atoms with Gasteiger partial charge >= 0.3 is 6.09 Å². The number of ether oxygens (including phenoxy) is 1. The number of nitrogens with one attached hydrogen (secondary N) is 1. The lowest BCUT2D eigenvalue weighted by Gasteiger charge is -2.08. The second kappa shape index (κ2) is 7.64. The maximum atomic E-state index is 11.3. The largest absolute Gasteiger partial charge is 0.412 e. The van der Waals surface area contributed by atoms with Gasteiger partial charge in [0, 0.05) is 24.2 Å². The third-order valence-electron chi connectivity index (χ3n) is 1.91. The molecule has 0 aliphatic carbocycles. The van der Waals surface area contributed by atoms with E-state index in [1.807, 2.05) is 6.07 Å². The van der Waals surface area contributed by atoms with Gasteiger partial charge in [-0.3, -0.25) is 0 Å². The van der Waals surface area contributed by atoms with E-state index in [1.165, 1.54) is 0 Å². The molecule has 0 atom stereocenters. The Morgan fingerprint density at radius 3 is 2.18 bits per heavy atom. The summed E-state index contributed by atoms with van der Waals surface area (Å²) in [6, 6.07) is 5.26. The second-order valence-corrected chi connectivity index (χ2v) is 4.17. The summed E-state index contributed by atoms with van der Waals surface area (Å²) in [6.07, 6.45) is -0.544. The van der Waals surface area contributed by atoms with Crippen LogP contribution < -0.4 is 10.1 Å². The van der Waals surface area contributed by atoms with Crippen LogP contribution in [-0.2, 0) is 11.8 Å². The predicted molar refractivity (Wildman–Crippen MR) is 70.3 cm³/mol. The van der Waals surface area contributed by atoms with E-state index in [1.54, 1.807) is 12.1 Å². The van der Waals surface area contributed by atoms with Crippen molar-refractivity contribution in [3.8, 4) is 5.75 Å². The Hall–Kier alpha value is -0.640. The molecule has 0 saturated carbocycles. The van der Waals surface area contributed by atoms with Gasteiger partial charge in [0.1, 0.15) is 5.75 Å². The molecule has 94 valence electrons. The van der Waals surface area contributed by atoms with E-state index < -0.39 is 6.09 Å². The van der Waals surface area contributed by atoms with Gasteiger partial charge in [-0.2, -0.15) is 0 Å². The first-order valence-corrected chi connectivity index (χ1v) is 6.56. The summed E-state index contributed by atoms with van der Waals surface area (Å²) in [7, 11) is 0. The fourth-order valence-corrected chi connectivity index (χ4v) is 1.64. The highest BCUT2D eigenvalue weighted by atomic mass is 35.5. The monoisotopic (exact) mass is 295 g/mol. The van der Waals surface area contributed by atoms with Crippen molar-refractivity contribution < 1.29 is 9.53 Å². The minimum atomic E-state index is -0.544. The van der Waals surface area contributed by atoms with E-state index in [4.69, 9.17) is 39.5 Å². The SMILES string of the molecule is O=C(NCCCl)Oc1cc(CCl)cc(CCl)c1. The molecule has 1 N–H and O–H groups in total. The topological polar surface area (TPSA) is 38.3 Å². The van der Waals surface area contributed by atoms with Crippen LogP contribution in [0.1, 0.15) is 11.1 Å². The van der Waals surface area contributed by atoms with E-state index in [9.17, 15) is 4.79 Å². The summed E-state index contributed by atoms with van der Waals surface area (Å²) in [5, 5.41) is 2.50. The van der Waals surface area contributed by atoms with Crippen molar-refractivity contribution in [2.45, 2.75) is 11.8 Å². The van der Waals surface area contributed by atoms with E-state index in [0.717, 1.165) is 11.1 Å². The lowest BCUT2D eigenvalue weighted by Crippen LogP contribution is -2.28. The Bertz CT molecular complexity index is 363. The summed E-state index contributed by atoms with van der Waals surface area (Å²) in [4.78, 5) is 11.3. The first-order chi connectivity index (χ1) is 8.19. The molecule has 0 radical (unpaired) electrons. The number of hydrogen-bond acceptors (Lipinski definition) is 2. The van der Waals surface area contributed by atoms with Crippen molar-refractivity contribution in [2.75, 3.05) is 12.4 Å². The Morgan fingerprint density at radius 1 is 1.12 bits per heavy atom. The summed E-state index contributed by atoms with van der Waals surface area (Å²) in [5.41, 5.74) is 1.70. The lowest BCUT2D eigenvalue weighted by atomic mass is 10.1. The van der Waals surface area contributed by atoms with Gasteiger partial charge in [0.25, 0.3) is 0 Å². The van der Waals surface area contributed by atoms with Gasteiger partial charge in [0.2, 0.25) is 0 Å². The van der Waals surface area contributed by atoms with Crippen molar-refractivity contribution >= 4 is 40.9 Å². The number of carbonyl (C=O) groups excluding carboxylic acids is 1. The average Bonchev–Trinajstić information content (AvgIpc) is 2.35. The molecule has 0 aliphatic rings. The number of alkyl halides is 3. The summed E-state index contributed by atoms with van der Waals surface area (Å²) >= 11 is 16.9. The van der Waals surface area contributed by atoms with Gasteiger partial charge in [-0.1, -0.05) is 6.07 Å². The van der Waals surface area contributed by atoms with Crippen LogP contribution in [-0.4, -0.2) is 18.5 Å². The molecule has 1 aromatic rings. The zero-order valence-corrected chi connectivity index (χ0v) is 11.3. The lowest BCUT2D eigenvalue weighted by molar-refractivity contribution is 0.201. The van der Waals surface area contributed by atoms with Crippen molar-refractivity contribution in [3.05, 3.63) is 29.3 Å². The predicted octanol–water partition coefficient (Wildman–Crippen LogP) is 3.49. The number of rotatable bonds is 5. The number of amides is 1. The highest BCUT2D eigenvalue weighted by Crippen LogP contribution is 2.20. The van der Waals surface area contributed by atoms with Crippen molar-refractivity contribution in [3.63, 3.8) is 0 Å². The van der Waals surface area contributed by atoms with E-state index in [2.05, 4.69) is 5.32 Å². The molecule has 17 heavy (non-hydrogen) atoms. The van der Waals surface area contributed by atoms with Crippen LogP contribution in [0.2, 0.25) is 0 Å². The Labute approximate surface area is 115 Å². The smallest absolute Gasteiger partial charge is 0.410 e. The molecule has 1 aromatic carbocycles. The standard InChI is InChI=1S/C11H12Cl3NO2/c12-1-2-15-11(16)17-10-4-8(6-13)3-9(5-10)7-14/h3-5H,1-2,6-7H2,(H,15,16). The molecule has 0 aliphatic heterocycles. The number of halogens is 3. The van der Waals surface area contributed by atoms with E-state index >= 15 is 0 Å². The Balaban J connectivity index is 2.72. The molecule has 0 fully saturated rings. The quantitative estimate of drug-likeness (QED) is 0.845. The van der Waals surface area contributed by atoms with Crippen LogP contribution in [0.3, 0.4) is 0 Å². The minimum absolute atomic E-state index is 0.337. The summed E-state index contributed by atoms with van der Waals surface area (Å²) < 4.78 is 5.08. The molecule has 3 nitrogen and oxygen atoms in total. The van der Waals surface area contributed by atoms with E-state index in [0.29, 0.717) is 29.9 Å². The molecular formula is C11H12Cl3NO2. The van der Waals surface area contributed by atoms with Crippen LogP contribution in [0, 0.1) is 0 Å². The van der Waals surface area contributed by atoms with E-state index in [-0.39, 0.29) is 0 Å².